The first-order valence-corrected chi connectivity index (χ1v) is 7.48. The van der Waals surface area contributed by atoms with E-state index in [2.05, 4.69) is 14.7 Å². The molecule has 1 aromatic carbocycles. The number of hydrogen-bond acceptors (Lipinski definition) is 4. The van der Waals surface area contributed by atoms with Gasteiger partial charge in [-0.15, -0.1) is 11.3 Å². The molecule has 0 radical (unpaired) electrons. The average molecular weight is 287 g/mol. The summed E-state index contributed by atoms with van der Waals surface area (Å²) in [6.45, 7) is 2.78. The minimum atomic E-state index is -0.0558. The van der Waals surface area contributed by atoms with Crippen LogP contribution in [0.4, 0.5) is 0 Å². The van der Waals surface area contributed by atoms with Crippen molar-refractivity contribution >= 4 is 16.3 Å². The van der Waals surface area contributed by atoms with E-state index >= 15 is 0 Å². The molecule has 0 aliphatic carbocycles. The first-order chi connectivity index (χ1) is 9.79. The van der Waals surface area contributed by atoms with E-state index in [0.717, 1.165) is 21.9 Å². The molecular formula is C15H17N3OS. The molecule has 5 heteroatoms. The molecule has 3 rings (SSSR count). The summed E-state index contributed by atoms with van der Waals surface area (Å²) in [5.41, 5.74) is 3.28. The van der Waals surface area contributed by atoms with Gasteiger partial charge >= 0.3 is 0 Å². The third-order valence-corrected chi connectivity index (χ3v) is 4.22. The Morgan fingerprint density at radius 3 is 2.90 bits per heavy atom. The Kier molecular flexibility index (Phi) is 3.82. The maximum absolute atomic E-state index is 9.57. The number of nitrogens with zero attached hydrogens (tertiary/aromatic N) is 2. The van der Waals surface area contributed by atoms with Crippen molar-refractivity contribution in [1.82, 2.24) is 14.7 Å². The maximum Gasteiger partial charge on any atom is 0.194 e. The number of fused-ring (bicyclic) bond motifs is 1. The van der Waals surface area contributed by atoms with Crippen molar-refractivity contribution in [1.29, 1.82) is 0 Å². The van der Waals surface area contributed by atoms with E-state index in [0.29, 0.717) is 6.54 Å². The Morgan fingerprint density at radius 1 is 1.35 bits per heavy atom. The molecule has 2 heterocycles. The molecule has 1 atom stereocenters. The van der Waals surface area contributed by atoms with E-state index in [1.165, 1.54) is 0 Å². The van der Waals surface area contributed by atoms with E-state index in [-0.39, 0.29) is 12.6 Å². The number of rotatable bonds is 5. The molecule has 0 aliphatic heterocycles. The Bertz CT molecular complexity index is 690. The van der Waals surface area contributed by atoms with Crippen LogP contribution in [0, 0.1) is 6.92 Å². The molecule has 20 heavy (non-hydrogen) atoms. The van der Waals surface area contributed by atoms with Gasteiger partial charge in [0.15, 0.2) is 4.96 Å². The molecule has 104 valence electrons. The van der Waals surface area contributed by atoms with E-state index in [1.54, 1.807) is 11.3 Å². The zero-order chi connectivity index (χ0) is 13.9. The van der Waals surface area contributed by atoms with Crippen LogP contribution in [0.5, 0.6) is 0 Å². The number of benzene rings is 1. The lowest BCUT2D eigenvalue weighted by Crippen LogP contribution is -2.24. The highest BCUT2D eigenvalue weighted by molar-refractivity contribution is 7.15. The van der Waals surface area contributed by atoms with Crippen LogP contribution in [0.2, 0.25) is 0 Å². The number of hydrogen-bond donors (Lipinski definition) is 2. The lowest BCUT2D eigenvalue weighted by molar-refractivity contribution is 0.243. The number of thiazole rings is 1. The predicted octanol–water partition coefficient (Wildman–Crippen LogP) is 2.53. The van der Waals surface area contributed by atoms with Crippen molar-refractivity contribution in [3.8, 4) is 0 Å². The van der Waals surface area contributed by atoms with Crippen LogP contribution in [0.15, 0.2) is 41.9 Å². The normalized spacial score (nSPS) is 12.9. The Balaban J connectivity index is 1.78. The second-order valence-electron chi connectivity index (χ2n) is 4.73. The molecule has 0 spiro atoms. The number of nitrogens with one attached hydrogen (secondary N) is 1. The summed E-state index contributed by atoms with van der Waals surface area (Å²) in [6.07, 6.45) is 2.04. The molecule has 0 fully saturated rings. The van der Waals surface area contributed by atoms with Gasteiger partial charge in [0.2, 0.25) is 0 Å². The lowest BCUT2D eigenvalue weighted by Gasteiger charge is -2.16. The van der Waals surface area contributed by atoms with Gasteiger partial charge in [0, 0.05) is 18.1 Å². The second-order valence-corrected chi connectivity index (χ2v) is 5.60. The molecule has 3 aromatic rings. The Hall–Kier alpha value is -1.69. The summed E-state index contributed by atoms with van der Waals surface area (Å²) < 4.78 is 2.10. The second kappa shape index (κ2) is 5.75. The first kappa shape index (κ1) is 13.3. The van der Waals surface area contributed by atoms with Crippen LogP contribution in [-0.4, -0.2) is 21.1 Å². The number of aromatic nitrogens is 2. The summed E-state index contributed by atoms with van der Waals surface area (Å²) in [6, 6.07) is 9.95. The van der Waals surface area contributed by atoms with Crippen LogP contribution >= 0.6 is 11.3 Å². The lowest BCUT2D eigenvalue weighted by atomic mass is 10.1. The molecule has 0 saturated carbocycles. The number of imidazole rings is 1. The Labute approximate surface area is 121 Å². The van der Waals surface area contributed by atoms with Crippen molar-refractivity contribution in [2.45, 2.75) is 19.5 Å². The third-order valence-electron chi connectivity index (χ3n) is 3.46. The van der Waals surface area contributed by atoms with E-state index < -0.39 is 0 Å². The van der Waals surface area contributed by atoms with E-state index in [1.807, 2.05) is 48.8 Å². The van der Waals surface area contributed by atoms with Crippen molar-refractivity contribution in [2.75, 3.05) is 6.61 Å². The molecule has 0 aliphatic rings. The highest BCUT2D eigenvalue weighted by Crippen LogP contribution is 2.18. The number of aliphatic hydroxyl groups excluding tert-OH is 1. The van der Waals surface area contributed by atoms with Gasteiger partial charge in [-0.3, -0.25) is 4.40 Å². The molecule has 4 nitrogen and oxygen atoms in total. The summed E-state index contributed by atoms with van der Waals surface area (Å²) in [4.78, 5) is 5.54. The fourth-order valence-electron chi connectivity index (χ4n) is 2.35. The van der Waals surface area contributed by atoms with E-state index in [9.17, 15) is 5.11 Å². The van der Waals surface area contributed by atoms with Crippen molar-refractivity contribution < 1.29 is 5.11 Å². The standard InChI is InChI=1S/C15H17N3OS/c1-11-14(18-7-8-20-15(18)17-11)9-16-13(10-19)12-5-3-2-4-6-12/h2-8,13,16,19H,9-10H2,1H3. The van der Waals surface area contributed by atoms with Gasteiger partial charge in [-0.05, 0) is 12.5 Å². The van der Waals surface area contributed by atoms with Gasteiger partial charge in [0.25, 0.3) is 0 Å². The van der Waals surface area contributed by atoms with Crippen LogP contribution in [-0.2, 0) is 6.54 Å². The summed E-state index contributed by atoms with van der Waals surface area (Å²) >= 11 is 1.63. The fourth-order valence-corrected chi connectivity index (χ4v) is 3.13. The van der Waals surface area contributed by atoms with Gasteiger partial charge in [0.1, 0.15) is 0 Å². The van der Waals surface area contributed by atoms with Gasteiger partial charge in [-0.2, -0.15) is 0 Å². The molecule has 0 bridgehead atoms. The van der Waals surface area contributed by atoms with Crippen molar-refractivity contribution in [3.63, 3.8) is 0 Å². The van der Waals surface area contributed by atoms with Crippen molar-refractivity contribution in [3.05, 3.63) is 58.9 Å². The molecule has 1 unspecified atom stereocenters. The average Bonchev–Trinajstić information content (AvgIpc) is 3.02. The van der Waals surface area contributed by atoms with Crippen LogP contribution in [0.3, 0.4) is 0 Å². The SMILES string of the molecule is Cc1nc2sccn2c1CNC(CO)c1ccccc1. The topological polar surface area (TPSA) is 49.6 Å². The fraction of sp³-hybridized carbons (Fsp3) is 0.267. The molecule has 0 saturated heterocycles. The summed E-state index contributed by atoms with van der Waals surface area (Å²) in [5.74, 6) is 0. The zero-order valence-electron chi connectivity index (χ0n) is 11.3. The Morgan fingerprint density at radius 2 is 2.15 bits per heavy atom. The number of aryl methyl sites for hydroxylation is 1. The highest BCUT2D eigenvalue weighted by atomic mass is 32.1. The minimum Gasteiger partial charge on any atom is -0.394 e. The summed E-state index contributed by atoms with van der Waals surface area (Å²) in [7, 11) is 0. The van der Waals surface area contributed by atoms with Crippen molar-refractivity contribution in [2.24, 2.45) is 0 Å². The predicted molar refractivity (Wildman–Crippen MR) is 80.9 cm³/mol. The van der Waals surface area contributed by atoms with Crippen LogP contribution in [0.1, 0.15) is 23.0 Å². The highest BCUT2D eigenvalue weighted by Gasteiger charge is 2.13. The van der Waals surface area contributed by atoms with Gasteiger partial charge in [0.05, 0.1) is 24.0 Å². The van der Waals surface area contributed by atoms with Gasteiger partial charge in [-0.1, -0.05) is 30.3 Å². The first-order valence-electron chi connectivity index (χ1n) is 6.60. The molecular weight excluding hydrogens is 270 g/mol. The molecule has 2 N–H and O–H groups in total. The third kappa shape index (κ3) is 2.47. The number of aliphatic hydroxyl groups is 1. The minimum absolute atomic E-state index is 0.0558. The smallest absolute Gasteiger partial charge is 0.194 e. The molecule has 2 aromatic heterocycles. The van der Waals surface area contributed by atoms with Gasteiger partial charge in [-0.25, -0.2) is 4.98 Å². The largest absolute Gasteiger partial charge is 0.394 e. The van der Waals surface area contributed by atoms with E-state index in [4.69, 9.17) is 0 Å². The monoisotopic (exact) mass is 287 g/mol. The molecule has 0 amide bonds. The van der Waals surface area contributed by atoms with Crippen LogP contribution < -0.4 is 5.32 Å². The summed E-state index contributed by atoms with van der Waals surface area (Å²) in [5, 5.41) is 15.0. The maximum atomic E-state index is 9.57. The van der Waals surface area contributed by atoms with Crippen LogP contribution in [0.25, 0.3) is 4.96 Å². The quantitative estimate of drug-likeness (QED) is 0.758. The zero-order valence-corrected chi connectivity index (χ0v) is 12.1. The van der Waals surface area contributed by atoms with Gasteiger partial charge < -0.3 is 10.4 Å².